The Hall–Kier alpha value is -0.167. The van der Waals surface area contributed by atoms with Crippen molar-refractivity contribution in [1.29, 1.82) is 0 Å². The fourth-order valence-corrected chi connectivity index (χ4v) is 2.35. The zero-order valence-corrected chi connectivity index (χ0v) is 15.5. The Kier molecular flexibility index (Phi) is 21.8. The summed E-state index contributed by atoms with van der Waals surface area (Å²) in [6.45, 7) is 2.26. The van der Waals surface area contributed by atoms with E-state index >= 15 is 0 Å². The Bertz CT molecular complexity index is 239. The summed E-state index contributed by atoms with van der Waals surface area (Å²) in [4.78, 5) is 10.3. The van der Waals surface area contributed by atoms with Gasteiger partial charge in [-0.1, -0.05) is 70.4 Å². The van der Waals surface area contributed by atoms with Crippen LogP contribution in [0, 0.1) is 0 Å². The normalized spacial score (nSPS) is 10.7. The Morgan fingerprint density at radius 2 is 1.19 bits per heavy atom. The number of carboxylic acid groups (broad SMARTS) is 1. The summed E-state index contributed by atoms with van der Waals surface area (Å²) in [5.41, 5.74) is 0. The maximum atomic E-state index is 10.3. The van der Waals surface area contributed by atoms with Crippen molar-refractivity contribution in [3.8, 4) is 0 Å². The largest absolute Gasteiger partial charge is 0.481 e. The first-order valence-corrected chi connectivity index (χ1v) is 8.64. The van der Waals surface area contributed by atoms with Gasteiger partial charge >= 0.3 is 5.97 Å². The second-order valence-corrected chi connectivity index (χ2v) is 5.73. The third-order valence-electron chi connectivity index (χ3n) is 3.65. The van der Waals surface area contributed by atoms with E-state index in [1.54, 1.807) is 0 Å². The van der Waals surface area contributed by atoms with Crippen LogP contribution < -0.4 is 0 Å². The molecule has 0 unspecified atom stereocenters. The summed E-state index contributed by atoms with van der Waals surface area (Å²) in [6.07, 6.45) is 21.2. The maximum absolute atomic E-state index is 10.3. The Labute approximate surface area is 144 Å². The fraction of sp³-hybridized carbons (Fsp3) is 0.833. The molecule has 0 bridgehead atoms. The number of hydrogen-bond acceptors (Lipinski definition) is 1. The number of aliphatic carboxylic acids is 1. The number of allylic oxidation sites excluding steroid dienone is 2. The van der Waals surface area contributed by atoms with E-state index in [4.69, 9.17) is 5.11 Å². The van der Waals surface area contributed by atoms with E-state index in [0.717, 1.165) is 12.8 Å². The molecule has 0 aromatic carbocycles. The number of unbranched alkanes of at least 4 members (excludes halogenated alkanes) is 11. The number of carboxylic acids is 1. The zero-order valence-electron chi connectivity index (χ0n) is 13.8. The molecule has 126 valence electrons. The van der Waals surface area contributed by atoms with Gasteiger partial charge < -0.3 is 5.11 Å². The minimum atomic E-state index is -0.664. The molecule has 0 aliphatic heterocycles. The average Bonchev–Trinajstić information content (AvgIpc) is 2.43. The van der Waals surface area contributed by atoms with Gasteiger partial charge in [0.15, 0.2) is 0 Å². The second-order valence-electron chi connectivity index (χ2n) is 5.73. The average molecular weight is 384 g/mol. The molecule has 0 spiro atoms. The molecule has 0 aromatic rings. The molecule has 0 saturated carbocycles. The molecule has 0 amide bonds. The number of rotatable bonds is 15. The van der Waals surface area contributed by atoms with Crippen LogP contribution in [0.1, 0.15) is 96.8 Å². The zero-order chi connectivity index (χ0) is 14.9. The van der Waals surface area contributed by atoms with Gasteiger partial charge in [0.1, 0.15) is 0 Å². The standard InChI is InChI=1S/C18H34O2.Ru/c1-2-3-4-5-6-7-8-9-10-11-12-13-14-15-16-17-18(19)20;/h9-10H,2-8,11-17H2,1H3,(H,19,20);/b10-9-;. The van der Waals surface area contributed by atoms with Crippen molar-refractivity contribution in [3.63, 3.8) is 0 Å². The summed E-state index contributed by atoms with van der Waals surface area (Å²) in [5, 5.41) is 8.51. The molecular formula is C18H34O2Ru. The molecule has 2 nitrogen and oxygen atoms in total. The fourth-order valence-electron chi connectivity index (χ4n) is 2.35. The third kappa shape index (κ3) is 22.3. The monoisotopic (exact) mass is 384 g/mol. The van der Waals surface area contributed by atoms with Crippen LogP contribution >= 0.6 is 0 Å². The van der Waals surface area contributed by atoms with E-state index < -0.39 is 5.97 Å². The summed E-state index contributed by atoms with van der Waals surface area (Å²) < 4.78 is 0. The first kappa shape index (κ1) is 23.1. The van der Waals surface area contributed by atoms with Crippen molar-refractivity contribution in [2.75, 3.05) is 0 Å². The Morgan fingerprint density at radius 3 is 1.67 bits per heavy atom. The van der Waals surface area contributed by atoms with Gasteiger partial charge in [-0.3, -0.25) is 4.79 Å². The van der Waals surface area contributed by atoms with E-state index in [0.29, 0.717) is 6.42 Å². The second kappa shape index (κ2) is 19.8. The van der Waals surface area contributed by atoms with Crippen molar-refractivity contribution in [1.82, 2.24) is 0 Å². The Morgan fingerprint density at radius 1 is 0.762 bits per heavy atom. The van der Waals surface area contributed by atoms with Gasteiger partial charge in [-0.25, -0.2) is 0 Å². The topological polar surface area (TPSA) is 37.3 Å². The van der Waals surface area contributed by atoms with Crippen LogP contribution in [0.4, 0.5) is 0 Å². The van der Waals surface area contributed by atoms with Crippen LogP contribution in [0.3, 0.4) is 0 Å². The van der Waals surface area contributed by atoms with E-state index in [1.165, 1.54) is 70.6 Å². The molecule has 0 fully saturated rings. The SMILES string of the molecule is CCCCCCCC/C=C\CCCCCCCC(=O)O.[Ru]. The molecule has 0 rings (SSSR count). The smallest absolute Gasteiger partial charge is 0.303 e. The molecule has 0 saturated heterocycles. The molecule has 0 heterocycles. The van der Waals surface area contributed by atoms with Crippen molar-refractivity contribution in [2.24, 2.45) is 0 Å². The van der Waals surface area contributed by atoms with Gasteiger partial charge in [-0.15, -0.1) is 0 Å². The van der Waals surface area contributed by atoms with Crippen LogP contribution in [-0.2, 0) is 24.3 Å². The maximum Gasteiger partial charge on any atom is 0.303 e. The molecule has 0 aromatic heterocycles. The van der Waals surface area contributed by atoms with E-state index in [-0.39, 0.29) is 19.5 Å². The summed E-state index contributed by atoms with van der Waals surface area (Å²) in [7, 11) is 0. The number of carbonyl (C=O) groups is 1. The van der Waals surface area contributed by atoms with Crippen LogP contribution in [0.2, 0.25) is 0 Å². The van der Waals surface area contributed by atoms with Gasteiger partial charge in [0.25, 0.3) is 0 Å². The predicted molar refractivity (Wildman–Crippen MR) is 87.1 cm³/mol. The molecule has 0 aliphatic rings. The summed E-state index contributed by atoms with van der Waals surface area (Å²) >= 11 is 0. The molecule has 0 aliphatic carbocycles. The quantitative estimate of drug-likeness (QED) is 0.211. The van der Waals surface area contributed by atoms with Crippen LogP contribution in [0.15, 0.2) is 12.2 Å². The van der Waals surface area contributed by atoms with E-state index in [2.05, 4.69) is 19.1 Å². The van der Waals surface area contributed by atoms with Crippen molar-refractivity contribution < 1.29 is 29.4 Å². The minimum absolute atomic E-state index is 0. The van der Waals surface area contributed by atoms with Crippen molar-refractivity contribution in [3.05, 3.63) is 12.2 Å². The first-order valence-electron chi connectivity index (χ1n) is 8.64. The molecule has 0 atom stereocenters. The summed E-state index contributed by atoms with van der Waals surface area (Å²) in [6, 6.07) is 0. The van der Waals surface area contributed by atoms with Gasteiger partial charge in [0, 0.05) is 25.9 Å². The molecule has 21 heavy (non-hydrogen) atoms. The van der Waals surface area contributed by atoms with Gasteiger partial charge in [-0.2, -0.15) is 0 Å². The predicted octanol–water partition coefficient (Wildman–Crippen LogP) is 6.11. The third-order valence-corrected chi connectivity index (χ3v) is 3.65. The summed E-state index contributed by atoms with van der Waals surface area (Å²) in [5.74, 6) is -0.664. The van der Waals surface area contributed by atoms with Gasteiger partial charge in [0.05, 0.1) is 0 Å². The molecule has 1 N–H and O–H groups in total. The van der Waals surface area contributed by atoms with Gasteiger partial charge in [-0.05, 0) is 32.1 Å². The van der Waals surface area contributed by atoms with E-state index in [9.17, 15) is 4.79 Å². The minimum Gasteiger partial charge on any atom is -0.481 e. The van der Waals surface area contributed by atoms with Crippen LogP contribution in [-0.4, -0.2) is 11.1 Å². The number of hydrogen-bond donors (Lipinski definition) is 1. The molecule has 3 heteroatoms. The van der Waals surface area contributed by atoms with Crippen LogP contribution in [0.5, 0.6) is 0 Å². The first-order chi connectivity index (χ1) is 9.77. The van der Waals surface area contributed by atoms with E-state index in [1.807, 2.05) is 0 Å². The Balaban J connectivity index is 0. The molecule has 0 radical (unpaired) electrons. The van der Waals surface area contributed by atoms with Crippen molar-refractivity contribution in [2.45, 2.75) is 96.8 Å². The van der Waals surface area contributed by atoms with Crippen molar-refractivity contribution >= 4 is 5.97 Å². The molecular weight excluding hydrogens is 349 g/mol. The van der Waals surface area contributed by atoms with Crippen LogP contribution in [0.25, 0.3) is 0 Å². The van der Waals surface area contributed by atoms with Gasteiger partial charge in [0.2, 0.25) is 0 Å².